The van der Waals surface area contributed by atoms with Gasteiger partial charge in [-0.1, -0.05) is 13.5 Å². The van der Waals surface area contributed by atoms with Crippen LogP contribution in [-0.4, -0.2) is 10.5 Å². The lowest BCUT2D eigenvalue weighted by molar-refractivity contribution is 0.454. The van der Waals surface area contributed by atoms with Gasteiger partial charge in [-0.25, -0.2) is 0 Å². The van der Waals surface area contributed by atoms with E-state index in [1.54, 1.807) is 0 Å². The van der Waals surface area contributed by atoms with Gasteiger partial charge in [-0.3, -0.25) is 0 Å². The summed E-state index contributed by atoms with van der Waals surface area (Å²) in [5, 5.41) is 0. The van der Waals surface area contributed by atoms with Crippen LogP contribution in [0.3, 0.4) is 0 Å². The molecule has 0 aromatic rings. The van der Waals surface area contributed by atoms with E-state index in [4.69, 9.17) is 4.43 Å². The standard InChI is InChI=1S/C4H10OSi/c1-3-4(2)5-6/h2-3H2,1,6H3. The van der Waals surface area contributed by atoms with E-state index in [2.05, 4.69) is 6.58 Å². The minimum Gasteiger partial charge on any atom is -0.556 e. The van der Waals surface area contributed by atoms with Crippen molar-refractivity contribution in [2.75, 3.05) is 0 Å². The summed E-state index contributed by atoms with van der Waals surface area (Å²) in [6, 6.07) is 0. The summed E-state index contributed by atoms with van der Waals surface area (Å²) in [7, 11) is 0.783. The Morgan fingerprint density at radius 3 is 2.50 bits per heavy atom. The van der Waals surface area contributed by atoms with Crippen LogP contribution in [0.4, 0.5) is 0 Å². The molecule has 0 aliphatic rings. The third-order valence-corrected chi connectivity index (χ3v) is 1.26. The van der Waals surface area contributed by atoms with Crippen molar-refractivity contribution < 1.29 is 4.43 Å². The largest absolute Gasteiger partial charge is 0.556 e. The van der Waals surface area contributed by atoms with Gasteiger partial charge in [0.2, 0.25) is 10.5 Å². The van der Waals surface area contributed by atoms with Crippen molar-refractivity contribution in [3.8, 4) is 0 Å². The SMILES string of the molecule is C=C(CC)O[SiH3]. The highest BCUT2D eigenvalue weighted by Crippen LogP contribution is 1.92. The molecule has 0 saturated carbocycles. The van der Waals surface area contributed by atoms with Gasteiger partial charge >= 0.3 is 0 Å². The first kappa shape index (κ1) is 5.76. The second-order valence-electron chi connectivity index (χ2n) is 1.10. The minimum absolute atomic E-state index is 0.783. The molecule has 0 aliphatic carbocycles. The lowest BCUT2D eigenvalue weighted by Crippen LogP contribution is -1.79. The van der Waals surface area contributed by atoms with Crippen molar-refractivity contribution in [1.82, 2.24) is 0 Å². The van der Waals surface area contributed by atoms with Crippen LogP contribution in [0.5, 0.6) is 0 Å². The molecule has 0 aromatic heterocycles. The maximum absolute atomic E-state index is 4.84. The first-order valence-corrected chi connectivity index (χ1v) is 2.84. The summed E-state index contributed by atoms with van der Waals surface area (Å²) in [5.41, 5.74) is 0. The van der Waals surface area contributed by atoms with Crippen LogP contribution in [0.1, 0.15) is 13.3 Å². The van der Waals surface area contributed by atoms with E-state index >= 15 is 0 Å². The molecular formula is C4H10OSi. The fourth-order valence-corrected chi connectivity index (χ4v) is 0.433. The molecule has 0 fully saturated rings. The van der Waals surface area contributed by atoms with Crippen LogP contribution in [0.25, 0.3) is 0 Å². The molecule has 0 saturated heterocycles. The Hall–Kier alpha value is -0.243. The fourth-order valence-electron chi connectivity index (χ4n) is 0.144. The van der Waals surface area contributed by atoms with Gasteiger partial charge in [-0.15, -0.1) is 0 Å². The van der Waals surface area contributed by atoms with E-state index in [-0.39, 0.29) is 0 Å². The summed E-state index contributed by atoms with van der Waals surface area (Å²) in [5.74, 6) is 0.904. The van der Waals surface area contributed by atoms with E-state index in [0.717, 1.165) is 22.7 Å². The zero-order valence-electron chi connectivity index (χ0n) is 4.32. The third-order valence-electron chi connectivity index (χ3n) is 0.683. The van der Waals surface area contributed by atoms with Crippen LogP contribution in [0.15, 0.2) is 12.3 Å². The second kappa shape index (κ2) is 2.97. The highest BCUT2D eigenvalue weighted by Gasteiger charge is 1.77. The zero-order chi connectivity index (χ0) is 4.99. The molecule has 0 atom stereocenters. The highest BCUT2D eigenvalue weighted by molar-refractivity contribution is 5.98. The van der Waals surface area contributed by atoms with Gasteiger partial charge < -0.3 is 4.43 Å². The topological polar surface area (TPSA) is 9.23 Å². The number of hydrogen-bond acceptors (Lipinski definition) is 1. The van der Waals surface area contributed by atoms with Crippen molar-refractivity contribution >= 4 is 10.5 Å². The molecule has 0 amide bonds. The molecule has 0 rings (SSSR count). The van der Waals surface area contributed by atoms with Gasteiger partial charge in [0.15, 0.2) is 0 Å². The van der Waals surface area contributed by atoms with E-state index in [0.29, 0.717) is 0 Å². The monoisotopic (exact) mass is 102 g/mol. The predicted octanol–water partition coefficient (Wildman–Crippen LogP) is 0.207. The lowest BCUT2D eigenvalue weighted by atomic mass is 10.4. The Labute approximate surface area is 41.6 Å². The third kappa shape index (κ3) is 2.02. The summed E-state index contributed by atoms with van der Waals surface area (Å²) in [4.78, 5) is 0. The predicted molar refractivity (Wildman–Crippen MR) is 30.5 cm³/mol. The van der Waals surface area contributed by atoms with Crippen molar-refractivity contribution in [2.45, 2.75) is 13.3 Å². The Kier molecular flexibility index (Phi) is 2.85. The quantitative estimate of drug-likeness (QED) is 0.358. The fraction of sp³-hybridized carbons (Fsp3) is 0.500. The van der Waals surface area contributed by atoms with Crippen molar-refractivity contribution in [2.24, 2.45) is 0 Å². The van der Waals surface area contributed by atoms with Gasteiger partial charge in [0.05, 0.1) is 5.76 Å². The lowest BCUT2D eigenvalue weighted by Gasteiger charge is -1.96. The Morgan fingerprint density at radius 2 is 2.50 bits per heavy atom. The average molecular weight is 102 g/mol. The molecule has 0 unspecified atom stereocenters. The number of hydrogen-bond donors (Lipinski definition) is 0. The molecule has 0 spiro atoms. The molecule has 6 heavy (non-hydrogen) atoms. The first-order chi connectivity index (χ1) is 2.81. The molecule has 0 bridgehead atoms. The van der Waals surface area contributed by atoms with Gasteiger partial charge in [0.25, 0.3) is 0 Å². The van der Waals surface area contributed by atoms with Crippen molar-refractivity contribution in [3.63, 3.8) is 0 Å². The molecule has 0 N–H and O–H groups in total. The van der Waals surface area contributed by atoms with Crippen LogP contribution >= 0.6 is 0 Å². The van der Waals surface area contributed by atoms with Crippen LogP contribution in [-0.2, 0) is 4.43 Å². The van der Waals surface area contributed by atoms with Gasteiger partial charge in [0.1, 0.15) is 0 Å². The van der Waals surface area contributed by atoms with Crippen LogP contribution in [0.2, 0.25) is 0 Å². The first-order valence-electron chi connectivity index (χ1n) is 2.03. The normalized spacial score (nSPS) is 8.17. The van der Waals surface area contributed by atoms with Gasteiger partial charge in [-0.2, -0.15) is 0 Å². The number of rotatable bonds is 2. The summed E-state index contributed by atoms with van der Waals surface area (Å²) in [6.07, 6.45) is 0.948. The summed E-state index contributed by atoms with van der Waals surface area (Å²) < 4.78 is 4.84. The summed E-state index contributed by atoms with van der Waals surface area (Å²) >= 11 is 0. The minimum atomic E-state index is 0.783. The van der Waals surface area contributed by atoms with E-state index in [1.807, 2.05) is 6.92 Å². The Morgan fingerprint density at radius 1 is 2.00 bits per heavy atom. The maximum atomic E-state index is 4.84. The number of allylic oxidation sites excluding steroid dienone is 1. The van der Waals surface area contributed by atoms with E-state index < -0.39 is 0 Å². The van der Waals surface area contributed by atoms with Crippen LogP contribution < -0.4 is 0 Å². The molecule has 36 valence electrons. The van der Waals surface area contributed by atoms with Gasteiger partial charge in [0, 0.05) is 0 Å². The molecule has 0 radical (unpaired) electrons. The second-order valence-corrected chi connectivity index (χ2v) is 1.50. The molecule has 1 nitrogen and oxygen atoms in total. The van der Waals surface area contributed by atoms with Crippen LogP contribution in [0, 0.1) is 0 Å². The summed E-state index contributed by atoms with van der Waals surface area (Å²) in [6.45, 7) is 5.63. The molecule has 0 aliphatic heterocycles. The highest BCUT2D eigenvalue weighted by atomic mass is 28.2. The van der Waals surface area contributed by atoms with E-state index in [9.17, 15) is 0 Å². The molecular weight excluding hydrogens is 92.1 g/mol. The maximum Gasteiger partial charge on any atom is 0.203 e. The smallest absolute Gasteiger partial charge is 0.203 e. The molecule has 0 aromatic carbocycles. The molecule has 2 heteroatoms. The Bertz CT molecular complexity index is 45.5. The van der Waals surface area contributed by atoms with Gasteiger partial charge in [-0.05, 0) is 6.42 Å². The van der Waals surface area contributed by atoms with Crippen molar-refractivity contribution in [1.29, 1.82) is 0 Å². The Balaban J connectivity index is 2.99. The van der Waals surface area contributed by atoms with E-state index in [1.165, 1.54) is 0 Å². The average Bonchev–Trinajstić information content (AvgIpc) is 1.65. The molecule has 0 heterocycles. The zero-order valence-corrected chi connectivity index (χ0v) is 6.32. The van der Waals surface area contributed by atoms with Crippen molar-refractivity contribution in [3.05, 3.63) is 12.3 Å².